The smallest absolute Gasteiger partial charge is 0.00146 e. The predicted octanol–water partition coefficient (Wildman–Crippen LogP) is 4.03. The molecule has 2 aromatic rings. The standard InChI is InChI=1S/C12H12S/c1-9-3-4-10(2)12(7-9)11-5-6-13-8-11/h3-8H,1-2H3. The predicted molar refractivity (Wildman–Crippen MR) is 59.2 cm³/mol. The van der Waals surface area contributed by atoms with Crippen LogP contribution in [0, 0.1) is 13.8 Å². The van der Waals surface area contributed by atoms with Crippen molar-refractivity contribution < 1.29 is 0 Å². The highest BCUT2D eigenvalue weighted by Gasteiger charge is 2.01. The average Bonchev–Trinajstić information content (AvgIpc) is 2.61. The molecule has 0 aliphatic rings. The van der Waals surface area contributed by atoms with Crippen LogP contribution in [0.1, 0.15) is 11.1 Å². The summed E-state index contributed by atoms with van der Waals surface area (Å²) in [6, 6.07) is 8.76. The molecule has 0 amide bonds. The summed E-state index contributed by atoms with van der Waals surface area (Å²) < 4.78 is 0. The van der Waals surface area contributed by atoms with Crippen LogP contribution in [0.3, 0.4) is 0 Å². The first kappa shape index (κ1) is 8.52. The van der Waals surface area contributed by atoms with E-state index in [1.807, 2.05) is 0 Å². The lowest BCUT2D eigenvalue weighted by atomic mass is 10.0. The maximum atomic E-state index is 2.25. The molecule has 2 rings (SSSR count). The van der Waals surface area contributed by atoms with Crippen LogP contribution in [-0.4, -0.2) is 0 Å². The van der Waals surface area contributed by atoms with Gasteiger partial charge in [-0.05, 0) is 47.4 Å². The van der Waals surface area contributed by atoms with Crippen molar-refractivity contribution in [3.63, 3.8) is 0 Å². The topological polar surface area (TPSA) is 0 Å². The minimum Gasteiger partial charge on any atom is -0.152 e. The number of rotatable bonds is 1. The van der Waals surface area contributed by atoms with Gasteiger partial charge in [0.2, 0.25) is 0 Å². The van der Waals surface area contributed by atoms with Gasteiger partial charge in [0.15, 0.2) is 0 Å². The van der Waals surface area contributed by atoms with Gasteiger partial charge in [-0.1, -0.05) is 23.8 Å². The second kappa shape index (κ2) is 3.35. The molecule has 66 valence electrons. The van der Waals surface area contributed by atoms with Crippen LogP contribution >= 0.6 is 11.3 Å². The van der Waals surface area contributed by atoms with Crippen molar-refractivity contribution in [2.24, 2.45) is 0 Å². The summed E-state index contributed by atoms with van der Waals surface area (Å²) in [6.45, 7) is 4.29. The van der Waals surface area contributed by atoms with Crippen molar-refractivity contribution in [3.8, 4) is 11.1 Å². The second-order valence-corrected chi connectivity index (χ2v) is 4.11. The number of aryl methyl sites for hydroxylation is 2. The van der Waals surface area contributed by atoms with Crippen molar-refractivity contribution in [2.45, 2.75) is 13.8 Å². The van der Waals surface area contributed by atoms with Crippen molar-refractivity contribution in [2.75, 3.05) is 0 Å². The lowest BCUT2D eigenvalue weighted by Crippen LogP contribution is -1.82. The van der Waals surface area contributed by atoms with Gasteiger partial charge in [0.1, 0.15) is 0 Å². The third-order valence-electron chi connectivity index (χ3n) is 2.23. The van der Waals surface area contributed by atoms with Crippen molar-refractivity contribution in [1.82, 2.24) is 0 Å². The molecule has 0 nitrogen and oxygen atoms in total. The van der Waals surface area contributed by atoms with Gasteiger partial charge in [-0.25, -0.2) is 0 Å². The number of benzene rings is 1. The fourth-order valence-electron chi connectivity index (χ4n) is 1.46. The van der Waals surface area contributed by atoms with Gasteiger partial charge in [0.25, 0.3) is 0 Å². The van der Waals surface area contributed by atoms with Crippen LogP contribution in [-0.2, 0) is 0 Å². The highest BCUT2D eigenvalue weighted by molar-refractivity contribution is 7.08. The Morgan fingerprint density at radius 3 is 2.62 bits per heavy atom. The Morgan fingerprint density at radius 1 is 1.08 bits per heavy atom. The second-order valence-electron chi connectivity index (χ2n) is 3.33. The van der Waals surface area contributed by atoms with E-state index in [9.17, 15) is 0 Å². The summed E-state index contributed by atoms with van der Waals surface area (Å²) in [5.41, 5.74) is 5.38. The van der Waals surface area contributed by atoms with Gasteiger partial charge in [0.05, 0.1) is 0 Å². The van der Waals surface area contributed by atoms with E-state index in [0.29, 0.717) is 0 Å². The molecule has 0 saturated carbocycles. The van der Waals surface area contributed by atoms with E-state index in [1.54, 1.807) is 11.3 Å². The Kier molecular flexibility index (Phi) is 2.19. The summed E-state index contributed by atoms with van der Waals surface area (Å²) >= 11 is 1.75. The quantitative estimate of drug-likeness (QED) is 0.633. The first-order valence-electron chi connectivity index (χ1n) is 4.37. The lowest BCUT2D eigenvalue weighted by Gasteiger charge is -2.04. The maximum Gasteiger partial charge on any atom is -0.00146 e. The monoisotopic (exact) mass is 188 g/mol. The van der Waals surface area contributed by atoms with Gasteiger partial charge < -0.3 is 0 Å². The van der Waals surface area contributed by atoms with Gasteiger partial charge in [-0.15, -0.1) is 0 Å². The van der Waals surface area contributed by atoms with Crippen molar-refractivity contribution in [1.29, 1.82) is 0 Å². The molecule has 0 radical (unpaired) electrons. The fourth-order valence-corrected chi connectivity index (χ4v) is 2.12. The maximum absolute atomic E-state index is 2.25. The first-order chi connectivity index (χ1) is 6.27. The van der Waals surface area contributed by atoms with E-state index in [-0.39, 0.29) is 0 Å². The highest BCUT2D eigenvalue weighted by Crippen LogP contribution is 2.26. The van der Waals surface area contributed by atoms with Crippen LogP contribution in [0.2, 0.25) is 0 Å². The van der Waals surface area contributed by atoms with Crippen LogP contribution in [0.4, 0.5) is 0 Å². The van der Waals surface area contributed by atoms with Gasteiger partial charge >= 0.3 is 0 Å². The summed E-state index contributed by atoms with van der Waals surface area (Å²) in [7, 11) is 0. The molecule has 0 N–H and O–H groups in total. The molecule has 0 spiro atoms. The molecular weight excluding hydrogens is 176 g/mol. The summed E-state index contributed by atoms with van der Waals surface area (Å²) in [5.74, 6) is 0. The SMILES string of the molecule is Cc1ccc(C)c(-c2ccsc2)c1. The van der Waals surface area contributed by atoms with Gasteiger partial charge in [-0.3, -0.25) is 0 Å². The average molecular weight is 188 g/mol. The minimum absolute atomic E-state index is 1.33. The molecule has 0 saturated heterocycles. The zero-order valence-electron chi connectivity index (χ0n) is 7.87. The van der Waals surface area contributed by atoms with E-state index in [2.05, 4.69) is 48.9 Å². The Bertz CT molecular complexity index is 399. The third-order valence-corrected chi connectivity index (χ3v) is 2.91. The Labute approximate surface area is 82.9 Å². The molecule has 0 bridgehead atoms. The van der Waals surface area contributed by atoms with Gasteiger partial charge in [-0.2, -0.15) is 11.3 Å². The first-order valence-corrected chi connectivity index (χ1v) is 5.31. The molecule has 1 aromatic carbocycles. The minimum atomic E-state index is 1.33. The zero-order chi connectivity index (χ0) is 9.26. The Balaban J connectivity index is 2.57. The fraction of sp³-hybridized carbons (Fsp3) is 0.167. The molecule has 1 aromatic heterocycles. The molecule has 0 unspecified atom stereocenters. The number of thiophene rings is 1. The largest absolute Gasteiger partial charge is 0.152 e. The van der Waals surface area contributed by atoms with E-state index in [0.717, 1.165) is 0 Å². The van der Waals surface area contributed by atoms with Crippen molar-refractivity contribution in [3.05, 3.63) is 46.2 Å². The Morgan fingerprint density at radius 2 is 1.92 bits per heavy atom. The van der Waals surface area contributed by atoms with Crippen LogP contribution in [0.5, 0.6) is 0 Å². The summed E-state index contributed by atoms with van der Waals surface area (Å²) in [6.07, 6.45) is 0. The molecule has 0 aliphatic heterocycles. The Hall–Kier alpha value is -1.08. The molecule has 0 fully saturated rings. The highest BCUT2D eigenvalue weighted by atomic mass is 32.1. The van der Waals surface area contributed by atoms with Crippen LogP contribution in [0.25, 0.3) is 11.1 Å². The molecule has 1 heteroatoms. The molecular formula is C12H12S. The zero-order valence-corrected chi connectivity index (χ0v) is 8.69. The lowest BCUT2D eigenvalue weighted by molar-refractivity contribution is 1.40. The summed E-state index contributed by atoms with van der Waals surface area (Å²) in [5, 5.41) is 4.32. The van der Waals surface area contributed by atoms with E-state index < -0.39 is 0 Å². The number of hydrogen-bond acceptors (Lipinski definition) is 1. The van der Waals surface area contributed by atoms with Crippen molar-refractivity contribution >= 4 is 11.3 Å². The van der Waals surface area contributed by atoms with E-state index >= 15 is 0 Å². The molecule has 0 aliphatic carbocycles. The molecule has 13 heavy (non-hydrogen) atoms. The van der Waals surface area contributed by atoms with Gasteiger partial charge in [0, 0.05) is 0 Å². The van der Waals surface area contributed by atoms with E-state index in [4.69, 9.17) is 0 Å². The normalized spacial score (nSPS) is 10.3. The summed E-state index contributed by atoms with van der Waals surface area (Å²) in [4.78, 5) is 0. The van der Waals surface area contributed by atoms with Crippen LogP contribution in [0.15, 0.2) is 35.0 Å². The molecule has 0 atom stereocenters. The number of hydrogen-bond donors (Lipinski definition) is 0. The van der Waals surface area contributed by atoms with Crippen LogP contribution < -0.4 is 0 Å². The van der Waals surface area contributed by atoms with E-state index in [1.165, 1.54) is 22.3 Å². The molecule has 1 heterocycles. The third kappa shape index (κ3) is 1.65.